The summed E-state index contributed by atoms with van der Waals surface area (Å²) in [6, 6.07) is 0.357. The zero-order valence-electron chi connectivity index (χ0n) is 9.57. The highest BCUT2D eigenvalue weighted by Gasteiger charge is 2.03. The van der Waals surface area contributed by atoms with Crippen LogP contribution in [0.5, 0.6) is 0 Å². The molecule has 1 rings (SSSR count). The van der Waals surface area contributed by atoms with Crippen molar-refractivity contribution >= 4 is 11.6 Å². The second kappa shape index (κ2) is 5.50. The summed E-state index contributed by atoms with van der Waals surface area (Å²) in [5, 5.41) is 3.22. The molecule has 3 N–H and O–H groups in total. The first-order chi connectivity index (χ1) is 7.08. The molecule has 84 valence electrons. The molecule has 0 amide bonds. The maximum absolute atomic E-state index is 5.50. The van der Waals surface area contributed by atoms with Crippen LogP contribution in [0.25, 0.3) is 0 Å². The van der Waals surface area contributed by atoms with Gasteiger partial charge < -0.3 is 16.0 Å². The number of aromatic nitrogens is 2. The zero-order valence-corrected chi connectivity index (χ0v) is 9.57. The van der Waals surface area contributed by atoms with Gasteiger partial charge in [-0.3, -0.25) is 0 Å². The highest BCUT2D eigenvalue weighted by atomic mass is 15.1. The maximum Gasteiger partial charge on any atom is 0.222 e. The Kier molecular flexibility index (Phi) is 4.30. The third-order valence-electron chi connectivity index (χ3n) is 2.06. The Bertz CT molecular complexity index is 282. The summed E-state index contributed by atoms with van der Waals surface area (Å²) in [6.45, 7) is 3.16. The molecule has 5 nitrogen and oxygen atoms in total. The van der Waals surface area contributed by atoms with Crippen molar-refractivity contribution in [2.75, 3.05) is 31.7 Å². The highest BCUT2D eigenvalue weighted by molar-refractivity contribution is 5.36. The largest absolute Gasteiger partial charge is 0.396 e. The lowest BCUT2D eigenvalue weighted by Gasteiger charge is -2.16. The lowest BCUT2D eigenvalue weighted by Crippen LogP contribution is -2.23. The minimum absolute atomic E-state index is 0.357. The molecule has 0 saturated heterocycles. The minimum atomic E-state index is 0.357. The molecule has 1 atom stereocenters. The van der Waals surface area contributed by atoms with E-state index >= 15 is 0 Å². The summed E-state index contributed by atoms with van der Waals surface area (Å²) in [4.78, 5) is 10.3. The normalized spacial score (nSPS) is 12.8. The monoisotopic (exact) mass is 209 g/mol. The van der Waals surface area contributed by atoms with E-state index in [-0.39, 0.29) is 0 Å². The predicted molar refractivity (Wildman–Crippen MR) is 62.7 cm³/mol. The quantitative estimate of drug-likeness (QED) is 0.751. The van der Waals surface area contributed by atoms with E-state index in [2.05, 4.69) is 41.2 Å². The first-order valence-corrected chi connectivity index (χ1v) is 5.06. The Morgan fingerprint density at radius 3 is 2.53 bits per heavy atom. The molecule has 1 unspecified atom stereocenters. The molecule has 1 heterocycles. The molecular formula is C10H19N5. The van der Waals surface area contributed by atoms with Gasteiger partial charge in [0.2, 0.25) is 5.95 Å². The van der Waals surface area contributed by atoms with Crippen LogP contribution in [0.15, 0.2) is 12.4 Å². The topological polar surface area (TPSA) is 67.1 Å². The van der Waals surface area contributed by atoms with Gasteiger partial charge in [-0.15, -0.1) is 0 Å². The van der Waals surface area contributed by atoms with Gasteiger partial charge in [0.15, 0.2) is 0 Å². The Morgan fingerprint density at radius 2 is 2.00 bits per heavy atom. The average Bonchev–Trinajstić information content (AvgIpc) is 2.19. The van der Waals surface area contributed by atoms with E-state index in [1.807, 2.05) is 0 Å². The number of hydrogen-bond acceptors (Lipinski definition) is 5. The molecule has 0 fully saturated rings. The summed E-state index contributed by atoms with van der Waals surface area (Å²) < 4.78 is 0. The molecule has 0 aliphatic rings. The number of anilines is 2. The first kappa shape index (κ1) is 11.7. The summed E-state index contributed by atoms with van der Waals surface area (Å²) >= 11 is 0. The molecule has 0 radical (unpaired) electrons. The average molecular weight is 209 g/mol. The van der Waals surface area contributed by atoms with Crippen LogP contribution in [0.2, 0.25) is 0 Å². The van der Waals surface area contributed by atoms with Crippen LogP contribution in [0, 0.1) is 0 Å². The number of hydrogen-bond donors (Lipinski definition) is 2. The molecule has 0 bridgehead atoms. The van der Waals surface area contributed by atoms with Gasteiger partial charge in [0.05, 0.1) is 18.1 Å². The molecule has 5 heteroatoms. The van der Waals surface area contributed by atoms with Gasteiger partial charge in [0.25, 0.3) is 0 Å². The third-order valence-corrected chi connectivity index (χ3v) is 2.06. The molecule has 0 aliphatic heterocycles. The van der Waals surface area contributed by atoms with E-state index < -0.39 is 0 Å². The molecule has 0 aromatic carbocycles. The van der Waals surface area contributed by atoms with Crippen molar-refractivity contribution in [3.05, 3.63) is 12.4 Å². The number of nitrogens with one attached hydrogen (secondary N) is 1. The second-order valence-electron chi connectivity index (χ2n) is 3.98. The van der Waals surface area contributed by atoms with Gasteiger partial charge in [0.1, 0.15) is 0 Å². The number of nitrogen functional groups attached to an aromatic ring is 1. The second-order valence-corrected chi connectivity index (χ2v) is 3.98. The molecule has 0 spiro atoms. The van der Waals surface area contributed by atoms with Crippen molar-refractivity contribution < 1.29 is 0 Å². The SMILES string of the molecule is CC(CCN(C)C)Nc1ncc(N)cn1. The van der Waals surface area contributed by atoms with E-state index in [0.29, 0.717) is 17.7 Å². The lowest BCUT2D eigenvalue weighted by molar-refractivity contribution is 0.390. The molecule has 0 aliphatic carbocycles. The van der Waals surface area contributed by atoms with Gasteiger partial charge >= 0.3 is 0 Å². The van der Waals surface area contributed by atoms with Crippen LogP contribution in [0.3, 0.4) is 0 Å². The Balaban J connectivity index is 2.37. The van der Waals surface area contributed by atoms with Crippen LogP contribution in [-0.2, 0) is 0 Å². The fraction of sp³-hybridized carbons (Fsp3) is 0.600. The smallest absolute Gasteiger partial charge is 0.222 e. The minimum Gasteiger partial charge on any atom is -0.396 e. The summed E-state index contributed by atoms with van der Waals surface area (Å²) in [5.41, 5.74) is 6.08. The zero-order chi connectivity index (χ0) is 11.3. The van der Waals surface area contributed by atoms with Gasteiger partial charge in [-0.1, -0.05) is 0 Å². The van der Waals surface area contributed by atoms with Gasteiger partial charge in [-0.2, -0.15) is 0 Å². The van der Waals surface area contributed by atoms with E-state index in [1.54, 1.807) is 12.4 Å². The van der Waals surface area contributed by atoms with Crippen LogP contribution in [-0.4, -0.2) is 41.5 Å². The number of rotatable bonds is 5. The maximum atomic E-state index is 5.50. The lowest BCUT2D eigenvalue weighted by atomic mass is 10.2. The van der Waals surface area contributed by atoms with E-state index in [0.717, 1.165) is 13.0 Å². The standard InChI is InChI=1S/C10H19N5/c1-8(4-5-15(2)3)14-10-12-6-9(11)7-13-10/h6-8H,4-5,11H2,1-3H3,(H,12,13,14). The van der Waals surface area contributed by atoms with Gasteiger partial charge in [0, 0.05) is 6.04 Å². The summed E-state index contributed by atoms with van der Waals surface area (Å²) in [7, 11) is 4.12. The first-order valence-electron chi connectivity index (χ1n) is 5.06. The Hall–Kier alpha value is -1.36. The Morgan fingerprint density at radius 1 is 1.40 bits per heavy atom. The molecule has 0 saturated carbocycles. The van der Waals surface area contributed by atoms with E-state index in [9.17, 15) is 0 Å². The summed E-state index contributed by atoms with van der Waals surface area (Å²) in [5.74, 6) is 0.635. The fourth-order valence-electron chi connectivity index (χ4n) is 1.16. The highest BCUT2D eigenvalue weighted by Crippen LogP contribution is 2.04. The Labute approximate surface area is 90.7 Å². The van der Waals surface area contributed by atoms with Crippen molar-refractivity contribution in [3.63, 3.8) is 0 Å². The van der Waals surface area contributed by atoms with Gasteiger partial charge in [-0.05, 0) is 34.0 Å². The van der Waals surface area contributed by atoms with Crippen molar-refractivity contribution in [2.24, 2.45) is 0 Å². The van der Waals surface area contributed by atoms with Crippen LogP contribution >= 0.6 is 0 Å². The van der Waals surface area contributed by atoms with Crippen molar-refractivity contribution in [1.82, 2.24) is 14.9 Å². The molecule has 1 aromatic heterocycles. The van der Waals surface area contributed by atoms with Crippen molar-refractivity contribution in [2.45, 2.75) is 19.4 Å². The van der Waals surface area contributed by atoms with E-state index in [1.165, 1.54) is 0 Å². The van der Waals surface area contributed by atoms with Crippen molar-refractivity contribution in [3.8, 4) is 0 Å². The predicted octanol–water partition coefficient (Wildman–Crippen LogP) is 0.811. The van der Waals surface area contributed by atoms with Crippen molar-refractivity contribution in [1.29, 1.82) is 0 Å². The molecular weight excluding hydrogens is 190 g/mol. The van der Waals surface area contributed by atoms with Crippen LogP contribution < -0.4 is 11.1 Å². The third kappa shape index (κ3) is 4.60. The van der Waals surface area contributed by atoms with Crippen LogP contribution in [0.4, 0.5) is 11.6 Å². The molecule has 1 aromatic rings. The molecule has 15 heavy (non-hydrogen) atoms. The number of nitrogens with zero attached hydrogens (tertiary/aromatic N) is 3. The fourth-order valence-corrected chi connectivity index (χ4v) is 1.16. The van der Waals surface area contributed by atoms with Crippen LogP contribution in [0.1, 0.15) is 13.3 Å². The summed E-state index contributed by atoms with van der Waals surface area (Å²) in [6.07, 6.45) is 4.27. The number of nitrogens with two attached hydrogens (primary N) is 1. The van der Waals surface area contributed by atoms with Gasteiger partial charge in [-0.25, -0.2) is 9.97 Å². The van der Waals surface area contributed by atoms with E-state index in [4.69, 9.17) is 5.73 Å².